The molecule has 2 rings (SSSR count). The number of hydrogen-bond acceptors (Lipinski definition) is 2. The van der Waals surface area contributed by atoms with Crippen molar-refractivity contribution in [2.24, 2.45) is 0 Å². The van der Waals surface area contributed by atoms with Crippen LogP contribution in [0, 0.1) is 0 Å². The van der Waals surface area contributed by atoms with Crippen LogP contribution < -0.4 is 5.32 Å². The molecule has 0 heterocycles. The maximum atomic E-state index is 12.1. The molecule has 0 aliphatic heterocycles. The first-order valence-corrected chi connectivity index (χ1v) is 6.78. The second-order valence-corrected chi connectivity index (χ2v) is 5.42. The number of nitrogens with one attached hydrogen (secondary N) is 1. The molecule has 0 saturated heterocycles. The van der Waals surface area contributed by atoms with Gasteiger partial charge in [-0.15, -0.1) is 0 Å². The number of rotatable bonds is 2. The van der Waals surface area contributed by atoms with Gasteiger partial charge in [-0.2, -0.15) is 0 Å². The highest BCUT2D eigenvalue weighted by atomic mass is 79.9. The number of carbonyl (C=O) groups is 1. The van der Waals surface area contributed by atoms with Gasteiger partial charge in [-0.25, -0.2) is 0 Å². The summed E-state index contributed by atoms with van der Waals surface area (Å²) in [6, 6.07) is 9.71. The topological polar surface area (TPSA) is 49.3 Å². The van der Waals surface area contributed by atoms with Crippen molar-refractivity contribution in [2.45, 2.75) is 0 Å². The number of anilines is 1. The lowest BCUT2D eigenvalue weighted by Crippen LogP contribution is -2.12. The van der Waals surface area contributed by atoms with Gasteiger partial charge in [0.15, 0.2) is 0 Å². The van der Waals surface area contributed by atoms with Crippen molar-refractivity contribution >= 4 is 50.7 Å². The van der Waals surface area contributed by atoms with Crippen molar-refractivity contribution in [3.63, 3.8) is 0 Å². The molecule has 19 heavy (non-hydrogen) atoms. The van der Waals surface area contributed by atoms with Gasteiger partial charge in [0.25, 0.3) is 5.91 Å². The van der Waals surface area contributed by atoms with E-state index in [2.05, 4.69) is 21.2 Å². The van der Waals surface area contributed by atoms with E-state index in [1.54, 1.807) is 24.3 Å². The van der Waals surface area contributed by atoms with E-state index in [-0.39, 0.29) is 11.3 Å². The average molecular weight is 361 g/mol. The summed E-state index contributed by atoms with van der Waals surface area (Å²) in [5, 5.41) is 13.2. The molecule has 2 aromatic rings. The van der Waals surface area contributed by atoms with E-state index in [0.29, 0.717) is 20.2 Å². The highest BCUT2D eigenvalue weighted by molar-refractivity contribution is 9.10. The number of phenols is 1. The summed E-state index contributed by atoms with van der Waals surface area (Å²) in [6.07, 6.45) is 0. The van der Waals surface area contributed by atoms with Crippen LogP contribution in [0.3, 0.4) is 0 Å². The molecule has 0 bridgehead atoms. The molecule has 0 radical (unpaired) electrons. The zero-order valence-corrected chi connectivity index (χ0v) is 12.6. The Balaban J connectivity index is 2.33. The van der Waals surface area contributed by atoms with Crippen LogP contribution in [0.2, 0.25) is 10.0 Å². The van der Waals surface area contributed by atoms with E-state index < -0.39 is 5.91 Å². The molecule has 2 N–H and O–H groups in total. The predicted molar refractivity (Wildman–Crippen MR) is 80.2 cm³/mol. The molecule has 0 unspecified atom stereocenters. The molecule has 0 aromatic heterocycles. The van der Waals surface area contributed by atoms with E-state index in [1.165, 1.54) is 12.1 Å². The average Bonchev–Trinajstić information content (AvgIpc) is 2.36. The summed E-state index contributed by atoms with van der Waals surface area (Å²) >= 11 is 14.9. The molecule has 98 valence electrons. The van der Waals surface area contributed by atoms with Gasteiger partial charge in [0.05, 0.1) is 20.7 Å². The Kier molecular flexibility index (Phi) is 4.34. The van der Waals surface area contributed by atoms with Gasteiger partial charge < -0.3 is 10.4 Å². The fourth-order valence-electron chi connectivity index (χ4n) is 1.49. The SMILES string of the molecule is O=C(Nc1ccccc1Cl)c1cc(Cl)cc(Br)c1O. The monoisotopic (exact) mass is 359 g/mol. The number of para-hydroxylation sites is 1. The number of amides is 1. The summed E-state index contributed by atoms with van der Waals surface area (Å²) < 4.78 is 0.351. The van der Waals surface area contributed by atoms with Gasteiger partial charge >= 0.3 is 0 Å². The smallest absolute Gasteiger partial charge is 0.259 e. The van der Waals surface area contributed by atoms with Crippen molar-refractivity contribution in [1.29, 1.82) is 0 Å². The second kappa shape index (κ2) is 5.82. The number of carbonyl (C=O) groups excluding carboxylic acids is 1. The maximum Gasteiger partial charge on any atom is 0.259 e. The Hall–Kier alpha value is -1.23. The van der Waals surface area contributed by atoms with Crippen molar-refractivity contribution < 1.29 is 9.90 Å². The maximum absolute atomic E-state index is 12.1. The number of aromatic hydroxyl groups is 1. The lowest BCUT2D eigenvalue weighted by atomic mass is 10.2. The lowest BCUT2D eigenvalue weighted by molar-refractivity contribution is 0.102. The zero-order chi connectivity index (χ0) is 14.0. The molecule has 1 amide bonds. The fourth-order valence-corrected chi connectivity index (χ4v) is 2.48. The van der Waals surface area contributed by atoms with E-state index in [4.69, 9.17) is 23.2 Å². The van der Waals surface area contributed by atoms with Gasteiger partial charge in [-0.1, -0.05) is 35.3 Å². The highest BCUT2D eigenvalue weighted by Gasteiger charge is 2.16. The summed E-state index contributed by atoms with van der Waals surface area (Å²) in [6.45, 7) is 0. The van der Waals surface area contributed by atoms with Crippen molar-refractivity contribution in [1.82, 2.24) is 0 Å². The van der Waals surface area contributed by atoms with Crippen LogP contribution in [0.5, 0.6) is 5.75 Å². The zero-order valence-electron chi connectivity index (χ0n) is 9.45. The number of benzene rings is 2. The van der Waals surface area contributed by atoms with E-state index >= 15 is 0 Å². The fraction of sp³-hybridized carbons (Fsp3) is 0. The first kappa shape index (κ1) is 14.2. The molecule has 3 nitrogen and oxygen atoms in total. The Morgan fingerprint density at radius 3 is 2.58 bits per heavy atom. The van der Waals surface area contributed by atoms with Crippen LogP contribution >= 0.6 is 39.1 Å². The third kappa shape index (κ3) is 3.21. The summed E-state index contributed by atoms with van der Waals surface area (Å²) in [4.78, 5) is 12.1. The number of halogens is 3. The molecule has 0 saturated carbocycles. The summed E-state index contributed by atoms with van der Waals surface area (Å²) in [5.74, 6) is -0.664. The molecule has 0 spiro atoms. The normalized spacial score (nSPS) is 10.3. The predicted octanol–water partition coefficient (Wildman–Crippen LogP) is 4.71. The molecule has 0 fully saturated rings. The van der Waals surface area contributed by atoms with Gasteiger partial charge in [-0.05, 0) is 40.2 Å². The van der Waals surface area contributed by atoms with Crippen molar-refractivity contribution in [3.05, 3.63) is 56.5 Å². The van der Waals surface area contributed by atoms with Crippen LogP contribution in [0.25, 0.3) is 0 Å². The quantitative estimate of drug-likeness (QED) is 0.814. The van der Waals surface area contributed by atoms with Crippen molar-refractivity contribution in [3.8, 4) is 5.75 Å². The minimum absolute atomic E-state index is 0.0688. The van der Waals surface area contributed by atoms with Crippen LogP contribution in [0.4, 0.5) is 5.69 Å². The first-order valence-electron chi connectivity index (χ1n) is 5.23. The van der Waals surface area contributed by atoms with Crippen molar-refractivity contribution in [2.75, 3.05) is 5.32 Å². The van der Waals surface area contributed by atoms with Crippen LogP contribution in [0.15, 0.2) is 40.9 Å². The van der Waals surface area contributed by atoms with E-state index in [0.717, 1.165) is 0 Å². The molecular formula is C13H8BrCl2NO2. The Labute approximate surface area is 128 Å². The van der Waals surface area contributed by atoms with Crippen LogP contribution in [0.1, 0.15) is 10.4 Å². The number of phenolic OH excluding ortho intramolecular Hbond substituents is 1. The first-order chi connectivity index (χ1) is 8.99. The van der Waals surface area contributed by atoms with E-state index in [9.17, 15) is 9.90 Å². The van der Waals surface area contributed by atoms with Crippen LogP contribution in [-0.4, -0.2) is 11.0 Å². The third-order valence-corrected chi connectivity index (χ3v) is 3.55. The number of hydrogen-bond donors (Lipinski definition) is 2. The van der Waals surface area contributed by atoms with E-state index in [1.807, 2.05) is 0 Å². The second-order valence-electron chi connectivity index (χ2n) is 3.72. The van der Waals surface area contributed by atoms with Gasteiger partial charge in [0, 0.05) is 5.02 Å². The minimum atomic E-state index is -0.492. The van der Waals surface area contributed by atoms with Gasteiger partial charge in [0.1, 0.15) is 5.75 Å². The Bertz CT molecular complexity index is 647. The van der Waals surface area contributed by atoms with Gasteiger partial charge in [-0.3, -0.25) is 4.79 Å². The van der Waals surface area contributed by atoms with Gasteiger partial charge in [0.2, 0.25) is 0 Å². The highest BCUT2D eigenvalue weighted by Crippen LogP contribution is 2.32. The van der Waals surface area contributed by atoms with Crippen LogP contribution in [-0.2, 0) is 0 Å². The summed E-state index contributed by atoms with van der Waals surface area (Å²) in [7, 11) is 0. The molecular weight excluding hydrogens is 353 g/mol. The summed E-state index contributed by atoms with van der Waals surface area (Å²) in [5.41, 5.74) is 0.531. The Morgan fingerprint density at radius 1 is 1.21 bits per heavy atom. The lowest BCUT2D eigenvalue weighted by Gasteiger charge is -2.09. The third-order valence-electron chi connectivity index (χ3n) is 2.39. The molecule has 2 aromatic carbocycles. The molecule has 0 atom stereocenters. The molecule has 6 heteroatoms. The largest absolute Gasteiger partial charge is 0.506 e. The molecule has 0 aliphatic carbocycles. The standard InChI is InChI=1S/C13H8BrCl2NO2/c14-9-6-7(15)5-8(12(9)18)13(19)17-11-4-2-1-3-10(11)16/h1-6,18H,(H,17,19). The minimum Gasteiger partial charge on any atom is -0.506 e. The Morgan fingerprint density at radius 2 is 1.89 bits per heavy atom. The molecule has 0 aliphatic rings.